The molecule has 0 spiro atoms. The van der Waals surface area contributed by atoms with Crippen molar-refractivity contribution >= 4 is 12.2 Å². The van der Waals surface area contributed by atoms with E-state index < -0.39 is 0 Å². The van der Waals surface area contributed by atoms with Gasteiger partial charge in [-0.2, -0.15) is 0 Å². The summed E-state index contributed by atoms with van der Waals surface area (Å²) in [6.45, 7) is 0.619. The first-order chi connectivity index (χ1) is 12.7. The minimum atomic E-state index is -0.0964. The number of rotatable bonds is 6. The van der Waals surface area contributed by atoms with Crippen molar-refractivity contribution in [2.45, 2.75) is 37.5 Å². The van der Waals surface area contributed by atoms with Gasteiger partial charge in [-0.1, -0.05) is 43.5 Å². The van der Waals surface area contributed by atoms with Crippen molar-refractivity contribution < 1.29 is 14.3 Å². The average Bonchev–Trinajstić information content (AvgIpc) is 2.73. The van der Waals surface area contributed by atoms with Crippen LogP contribution in [-0.2, 0) is 5.41 Å². The van der Waals surface area contributed by atoms with E-state index in [0.717, 1.165) is 24.9 Å². The molecule has 3 rings (SSSR count). The zero-order valence-electron chi connectivity index (χ0n) is 15.2. The van der Waals surface area contributed by atoms with E-state index in [1.807, 2.05) is 12.1 Å². The van der Waals surface area contributed by atoms with Crippen LogP contribution in [0, 0.1) is 0 Å². The fraction of sp³-hybridized carbons (Fsp3) is 0.364. The molecule has 0 aliphatic heterocycles. The lowest BCUT2D eigenvalue weighted by molar-refractivity contribution is 0.0936. The summed E-state index contributed by atoms with van der Waals surface area (Å²) in [6, 6.07) is 14.9. The second-order valence-corrected chi connectivity index (χ2v) is 6.99. The number of carbonyl (C=O) groups excluding carboxylic acids is 2. The second-order valence-electron chi connectivity index (χ2n) is 6.99. The summed E-state index contributed by atoms with van der Waals surface area (Å²) < 4.78 is 5.27. The van der Waals surface area contributed by atoms with E-state index in [1.54, 1.807) is 31.4 Å². The van der Waals surface area contributed by atoms with Gasteiger partial charge in [-0.25, -0.2) is 0 Å². The van der Waals surface area contributed by atoms with Crippen molar-refractivity contribution in [3.63, 3.8) is 0 Å². The van der Waals surface area contributed by atoms with Crippen LogP contribution < -0.4 is 10.1 Å². The van der Waals surface area contributed by atoms with Crippen LogP contribution in [0.25, 0.3) is 0 Å². The smallest absolute Gasteiger partial charge is 0.251 e. The number of hydrogen-bond donors (Lipinski definition) is 1. The Morgan fingerprint density at radius 2 is 1.69 bits per heavy atom. The van der Waals surface area contributed by atoms with Gasteiger partial charge in [0.1, 0.15) is 12.0 Å². The Hall–Kier alpha value is -2.62. The Kier molecular flexibility index (Phi) is 5.71. The summed E-state index contributed by atoms with van der Waals surface area (Å²) in [4.78, 5) is 23.3. The molecule has 4 heteroatoms. The largest absolute Gasteiger partial charge is 0.497 e. The van der Waals surface area contributed by atoms with Gasteiger partial charge in [0.15, 0.2) is 0 Å². The van der Waals surface area contributed by atoms with Gasteiger partial charge in [-0.3, -0.25) is 9.59 Å². The minimum absolute atomic E-state index is 0.0249. The predicted octanol–water partition coefficient (Wildman–Crippen LogP) is 4.14. The van der Waals surface area contributed by atoms with Crippen LogP contribution in [0.3, 0.4) is 0 Å². The van der Waals surface area contributed by atoms with Crippen LogP contribution in [0.2, 0.25) is 0 Å². The van der Waals surface area contributed by atoms with Crippen LogP contribution >= 0.6 is 0 Å². The van der Waals surface area contributed by atoms with Crippen molar-refractivity contribution in [2.75, 3.05) is 13.7 Å². The molecule has 4 nitrogen and oxygen atoms in total. The molecular formula is C22H25NO3. The SMILES string of the molecule is COc1ccc(C2(CNC(=O)c3ccc(C=O)cc3)CCCCC2)cc1. The molecule has 0 heterocycles. The highest BCUT2D eigenvalue weighted by Gasteiger charge is 2.34. The number of benzene rings is 2. The normalized spacial score (nSPS) is 15.9. The Balaban J connectivity index is 1.75. The summed E-state index contributed by atoms with van der Waals surface area (Å²) in [7, 11) is 1.67. The molecule has 0 bridgehead atoms. The first-order valence-electron chi connectivity index (χ1n) is 9.15. The van der Waals surface area contributed by atoms with E-state index in [2.05, 4.69) is 17.4 Å². The average molecular weight is 351 g/mol. The zero-order valence-corrected chi connectivity index (χ0v) is 15.2. The molecule has 0 aromatic heterocycles. The highest BCUT2D eigenvalue weighted by molar-refractivity contribution is 5.94. The van der Waals surface area contributed by atoms with E-state index in [4.69, 9.17) is 4.74 Å². The maximum absolute atomic E-state index is 12.5. The third kappa shape index (κ3) is 3.96. The standard InChI is InChI=1S/C22H25NO3/c1-26-20-11-9-19(10-12-20)22(13-3-2-4-14-22)16-23-21(25)18-7-5-17(15-24)6-8-18/h5-12,15H,2-4,13-14,16H2,1H3,(H,23,25). The van der Waals surface area contributed by atoms with Crippen LogP contribution in [0.1, 0.15) is 58.4 Å². The van der Waals surface area contributed by atoms with E-state index in [9.17, 15) is 9.59 Å². The van der Waals surface area contributed by atoms with Crippen molar-refractivity contribution in [1.29, 1.82) is 0 Å². The highest BCUT2D eigenvalue weighted by atomic mass is 16.5. The van der Waals surface area contributed by atoms with E-state index in [0.29, 0.717) is 17.7 Å². The number of ether oxygens (including phenoxy) is 1. The minimum Gasteiger partial charge on any atom is -0.497 e. The van der Waals surface area contributed by atoms with Crippen molar-refractivity contribution in [2.24, 2.45) is 0 Å². The molecule has 0 saturated heterocycles. The van der Waals surface area contributed by atoms with E-state index >= 15 is 0 Å². The zero-order chi connectivity index (χ0) is 18.4. The van der Waals surface area contributed by atoms with Crippen molar-refractivity contribution in [1.82, 2.24) is 5.32 Å². The molecule has 1 aliphatic rings. The number of nitrogens with one attached hydrogen (secondary N) is 1. The van der Waals surface area contributed by atoms with Crippen LogP contribution in [-0.4, -0.2) is 25.8 Å². The number of amides is 1. The Bertz CT molecular complexity index is 744. The first kappa shape index (κ1) is 18.2. The molecule has 1 aliphatic carbocycles. The third-order valence-electron chi connectivity index (χ3n) is 5.41. The Labute approximate surface area is 154 Å². The number of hydrogen-bond acceptors (Lipinski definition) is 3. The van der Waals surface area contributed by atoms with Gasteiger partial charge in [0.25, 0.3) is 5.91 Å². The van der Waals surface area contributed by atoms with E-state index in [1.165, 1.54) is 24.8 Å². The summed E-state index contributed by atoms with van der Waals surface area (Å²) in [5, 5.41) is 3.12. The molecule has 0 radical (unpaired) electrons. The lowest BCUT2D eigenvalue weighted by atomic mass is 9.69. The fourth-order valence-electron chi connectivity index (χ4n) is 3.81. The van der Waals surface area contributed by atoms with E-state index in [-0.39, 0.29) is 11.3 Å². The number of carbonyl (C=O) groups is 2. The van der Waals surface area contributed by atoms with Gasteiger partial charge in [0.05, 0.1) is 7.11 Å². The topological polar surface area (TPSA) is 55.4 Å². The summed E-state index contributed by atoms with van der Waals surface area (Å²) in [5.74, 6) is 0.750. The lowest BCUT2D eigenvalue weighted by Crippen LogP contribution is -2.42. The highest BCUT2D eigenvalue weighted by Crippen LogP contribution is 2.39. The molecule has 1 amide bonds. The molecule has 2 aromatic rings. The predicted molar refractivity (Wildman–Crippen MR) is 102 cm³/mol. The summed E-state index contributed by atoms with van der Waals surface area (Å²) in [5.41, 5.74) is 2.39. The monoisotopic (exact) mass is 351 g/mol. The summed E-state index contributed by atoms with van der Waals surface area (Å²) >= 11 is 0. The number of methoxy groups -OCH3 is 1. The molecule has 0 atom stereocenters. The molecule has 1 saturated carbocycles. The third-order valence-corrected chi connectivity index (χ3v) is 5.41. The van der Waals surface area contributed by atoms with Gasteiger partial charge in [0.2, 0.25) is 0 Å². The van der Waals surface area contributed by atoms with Crippen LogP contribution in [0.15, 0.2) is 48.5 Å². The van der Waals surface area contributed by atoms with Gasteiger partial charge in [0, 0.05) is 23.1 Å². The maximum Gasteiger partial charge on any atom is 0.251 e. The second kappa shape index (κ2) is 8.17. The molecular weight excluding hydrogens is 326 g/mol. The quantitative estimate of drug-likeness (QED) is 0.796. The van der Waals surface area contributed by atoms with Gasteiger partial charge >= 0.3 is 0 Å². The first-order valence-corrected chi connectivity index (χ1v) is 9.15. The fourth-order valence-corrected chi connectivity index (χ4v) is 3.81. The summed E-state index contributed by atoms with van der Waals surface area (Å²) in [6.07, 6.45) is 6.53. The lowest BCUT2D eigenvalue weighted by Gasteiger charge is -2.38. The molecule has 1 fully saturated rings. The Morgan fingerprint density at radius 1 is 1.04 bits per heavy atom. The molecule has 0 unspecified atom stereocenters. The maximum atomic E-state index is 12.5. The van der Waals surface area contributed by atoms with Crippen molar-refractivity contribution in [3.8, 4) is 5.75 Å². The van der Waals surface area contributed by atoms with Crippen molar-refractivity contribution in [3.05, 3.63) is 65.2 Å². The van der Waals surface area contributed by atoms with Gasteiger partial charge in [-0.05, 0) is 42.7 Å². The molecule has 2 aromatic carbocycles. The Morgan fingerprint density at radius 3 is 2.27 bits per heavy atom. The van der Waals surface area contributed by atoms with Crippen LogP contribution in [0.5, 0.6) is 5.75 Å². The number of aldehydes is 1. The molecule has 1 N–H and O–H groups in total. The van der Waals surface area contributed by atoms with Gasteiger partial charge in [-0.15, -0.1) is 0 Å². The molecule has 136 valence electrons. The van der Waals surface area contributed by atoms with Crippen LogP contribution in [0.4, 0.5) is 0 Å². The van der Waals surface area contributed by atoms with Gasteiger partial charge < -0.3 is 10.1 Å². The molecule has 26 heavy (non-hydrogen) atoms.